The number of anilines is 1. The van der Waals surface area contributed by atoms with Crippen molar-refractivity contribution in [3.05, 3.63) is 76.9 Å². The van der Waals surface area contributed by atoms with Crippen molar-refractivity contribution in [2.45, 2.75) is 51.9 Å². The summed E-state index contributed by atoms with van der Waals surface area (Å²) >= 11 is 0. The van der Waals surface area contributed by atoms with E-state index in [1.807, 2.05) is 39.8 Å². The second kappa shape index (κ2) is 9.99. The van der Waals surface area contributed by atoms with Gasteiger partial charge in [-0.3, -0.25) is 9.79 Å². The van der Waals surface area contributed by atoms with Crippen LogP contribution in [0.2, 0.25) is 0 Å². The number of fused-ring (bicyclic) bond motifs is 4. The molecule has 2 atom stereocenters. The van der Waals surface area contributed by atoms with Gasteiger partial charge in [0.2, 0.25) is 0 Å². The molecule has 9 nitrogen and oxygen atoms in total. The number of benzene rings is 4. The van der Waals surface area contributed by atoms with Gasteiger partial charge in [0.25, 0.3) is 5.91 Å². The Hall–Kier alpha value is -4.50. The highest BCUT2D eigenvalue weighted by molar-refractivity contribution is 6.43. The molecule has 0 saturated heterocycles. The van der Waals surface area contributed by atoms with Crippen molar-refractivity contribution in [2.24, 2.45) is 15.1 Å². The molecule has 5 N–H and O–H groups in total. The van der Waals surface area contributed by atoms with Crippen LogP contribution < -0.4 is 21.5 Å². The summed E-state index contributed by atoms with van der Waals surface area (Å²) in [5.41, 5.74) is 4.39. The molecule has 1 aliphatic heterocycles. The number of aromatic hydroxyl groups is 2. The minimum Gasteiger partial charge on any atom is -0.507 e. The van der Waals surface area contributed by atoms with Crippen LogP contribution in [0.1, 0.15) is 32.8 Å². The number of nitrogens with zero attached hydrogens (tertiary/aromatic N) is 3. The first-order chi connectivity index (χ1) is 18.5. The van der Waals surface area contributed by atoms with Crippen molar-refractivity contribution >= 4 is 38.9 Å². The van der Waals surface area contributed by atoms with E-state index in [0.29, 0.717) is 37.9 Å². The van der Waals surface area contributed by atoms with Crippen molar-refractivity contribution in [2.75, 3.05) is 5.32 Å². The lowest BCUT2D eigenvalue weighted by Gasteiger charge is -2.22. The third-order valence-corrected chi connectivity index (χ3v) is 6.50. The first-order valence-corrected chi connectivity index (χ1v) is 12.7. The van der Waals surface area contributed by atoms with E-state index in [2.05, 4.69) is 20.8 Å². The Bertz CT molecular complexity index is 1740. The van der Waals surface area contributed by atoms with Gasteiger partial charge < -0.3 is 26.1 Å². The van der Waals surface area contributed by atoms with E-state index in [-0.39, 0.29) is 23.6 Å². The maximum atomic E-state index is 13.3. The maximum Gasteiger partial charge on any atom is 0.271 e. The predicted octanol–water partition coefficient (Wildman–Crippen LogP) is 3.43. The average Bonchev–Trinajstić information content (AvgIpc) is 2.90. The first-order valence-electron chi connectivity index (χ1n) is 12.7. The van der Waals surface area contributed by atoms with Crippen LogP contribution in [0.3, 0.4) is 0 Å². The van der Waals surface area contributed by atoms with Gasteiger partial charge in [-0.05, 0) is 52.0 Å². The van der Waals surface area contributed by atoms with Gasteiger partial charge in [0.1, 0.15) is 23.3 Å². The van der Waals surface area contributed by atoms with Crippen molar-refractivity contribution < 1.29 is 20.1 Å². The monoisotopic (exact) mass is 525 g/mol. The molecule has 0 aromatic heterocycles. The lowest BCUT2D eigenvalue weighted by atomic mass is 9.99. The lowest BCUT2D eigenvalue weighted by molar-refractivity contribution is -0.110. The zero-order valence-corrected chi connectivity index (χ0v) is 22.2. The molecule has 5 rings (SSSR count). The highest BCUT2D eigenvalue weighted by Crippen LogP contribution is 2.39. The first kappa shape index (κ1) is 26.1. The Balaban J connectivity index is 1.58. The maximum absolute atomic E-state index is 13.3. The second-order valence-electron chi connectivity index (χ2n) is 10.8. The summed E-state index contributed by atoms with van der Waals surface area (Å²) in [5, 5.41) is 42.7. The molecule has 0 bridgehead atoms. The molecular formula is C30H31N5O4. The number of carbonyl (C=O) groups excluding carboxylic acids is 1. The van der Waals surface area contributed by atoms with E-state index < -0.39 is 23.7 Å². The Morgan fingerprint density at radius 2 is 1.59 bits per heavy atom. The number of aryl methyl sites for hydroxylation is 1. The number of aliphatic hydroxyl groups excluding tert-OH is 1. The highest BCUT2D eigenvalue weighted by atomic mass is 16.3. The quantitative estimate of drug-likeness (QED) is 0.118. The summed E-state index contributed by atoms with van der Waals surface area (Å²) < 4.78 is 0. The van der Waals surface area contributed by atoms with Crippen LogP contribution in [-0.4, -0.2) is 44.7 Å². The fourth-order valence-corrected chi connectivity index (χ4v) is 4.50. The Morgan fingerprint density at radius 1 is 0.923 bits per heavy atom. The summed E-state index contributed by atoms with van der Waals surface area (Å²) in [6.45, 7) is 7.72. The standard InChI is InChI=1S/C30H31N5O4/c1-16-9-11-17(12-10-16)31-29(39)23(34-35-30(2,3)4)15-22-28(38)33-21-14-13-20-24(25(21)32-22)27(37)19-8-6-5-7-18(19)26(20)36/h5-14,22,28,35-38H,15H2,1-4H3,(H,31,39)/b34-23-. The Kier molecular flexibility index (Phi) is 6.69. The normalized spacial score (nSPS) is 17.3. The Morgan fingerprint density at radius 3 is 2.26 bits per heavy atom. The van der Waals surface area contributed by atoms with E-state index in [0.717, 1.165) is 5.56 Å². The highest BCUT2D eigenvalue weighted by Gasteiger charge is 2.28. The van der Waals surface area contributed by atoms with Crippen LogP contribution >= 0.6 is 0 Å². The van der Waals surface area contributed by atoms with E-state index in [1.165, 1.54) is 0 Å². The number of phenolic OH excluding ortho intramolecular Hbond substituents is 2. The van der Waals surface area contributed by atoms with Crippen LogP contribution in [0.4, 0.5) is 5.69 Å². The number of hydrogen-bond donors (Lipinski definition) is 5. The molecule has 1 amide bonds. The predicted molar refractivity (Wildman–Crippen MR) is 152 cm³/mol. The van der Waals surface area contributed by atoms with Gasteiger partial charge in [0, 0.05) is 33.8 Å². The molecule has 1 heterocycles. The summed E-state index contributed by atoms with van der Waals surface area (Å²) in [7, 11) is 0. The average molecular weight is 526 g/mol. The van der Waals surface area contributed by atoms with Gasteiger partial charge in [-0.15, -0.1) is 0 Å². The number of hydrazone groups is 1. The number of carbonyl (C=O) groups is 1. The van der Waals surface area contributed by atoms with E-state index in [9.17, 15) is 20.1 Å². The summed E-state index contributed by atoms with van der Waals surface area (Å²) in [6, 6.07) is 16.8. The number of amides is 1. The van der Waals surface area contributed by atoms with Crippen molar-refractivity contribution in [3.63, 3.8) is 0 Å². The van der Waals surface area contributed by atoms with E-state index in [4.69, 9.17) is 4.99 Å². The third kappa shape index (κ3) is 5.26. The number of rotatable bonds is 5. The smallest absolute Gasteiger partial charge is 0.271 e. The van der Waals surface area contributed by atoms with Gasteiger partial charge in [-0.1, -0.05) is 42.0 Å². The third-order valence-electron chi connectivity index (χ3n) is 6.50. The molecule has 0 saturated carbocycles. The lowest BCUT2D eigenvalue weighted by Crippen LogP contribution is -2.42. The second-order valence-corrected chi connectivity index (χ2v) is 10.8. The number of hydrogen-bond acceptors (Lipinski definition) is 8. The molecular weight excluding hydrogens is 494 g/mol. The SMILES string of the molecule is Cc1ccc(NC(=O)/C(CC2N=c3c(ccc4c(O)c5ccccc5c(O)c34)=NC2O)=N\NC(C)(C)C)cc1. The van der Waals surface area contributed by atoms with Gasteiger partial charge in [0.05, 0.1) is 16.1 Å². The molecule has 0 radical (unpaired) electrons. The zero-order chi connectivity index (χ0) is 27.9. The number of aliphatic hydroxyl groups is 1. The molecule has 4 aromatic rings. The summed E-state index contributed by atoms with van der Waals surface area (Å²) in [6.07, 6.45) is -1.26. The summed E-state index contributed by atoms with van der Waals surface area (Å²) in [4.78, 5) is 22.4. The van der Waals surface area contributed by atoms with Crippen molar-refractivity contribution in [3.8, 4) is 11.5 Å². The summed E-state index contributed by atoms with van der Waals surface area (Å²) in [5.74, 6) is -0.453. The molecule has 4 aromatic carbocycles. The van der Waals surface area contributed by atoms with Crippen LogP contribution in [0.25, 0.3) is 21.5 Å². The molecule has 0 spiro atoms. The van der Waals surface area contributed by atoms with Gasteiger partial charge in [-0.2, -0.15) is 5.10 Å². The number of nitrogens with one attached hydrogen (secondary N) is 2. The molecule has 9 heteroatoms. The topological polar surface area (TPSA) is 139 Å². The Labute approximate surface area is 225 Å². The molecule has 1 aliphatic rings. The van der Waals surface area contributed by atoms with Crippen molar-refractivity contribution in [1.29, 1.82) is 0 Å². The van der Waals surface area contributed by atoms with Crippen LogP contribution in [0.5, 0.6) is 11.5 Å². The van der Waals surface area contributed by atoms with Crippen LogP contribution in [-0.2, 0) is 4.79 Å². The zero-order valence-electron chi connectivity index (χ0n) is 22.2. The molecule has 39 heavy (non-hydrogen) atoms. The molecule has 2 unspecified atom stereocenters. The molecule has 0 aliphatic carbocycles. The van der Waals surface area contributed by atoms with Crippen LogP contribution in [0, 0.1) is 6.92 Å². The molecule has 0 fully saturated rings. The van der Waals surface area contributed by atoms with Gasteiger partial charge in [0.15, 0.2) is 6.23 Å². The fourth-order valence-electron chi connectivity index (χ4n) is 4.50. The molecule has 200 valence electrons. The largest absolute Gasteiger partial charge is 0.507 e. The van der Waals surface area contributed by atoms with E-state index >= 15 is 0 Å². The minimum atomic E-state index is -1.24. The van der Waals surface area contributed by atoms with Crippen molar-refractivity contribution in [1.82, 2.24) is 5.43 Å². The van der Waals surface area contributed by atoms with Gasteiger partial charge in [-0.25, -0.2) is 4.99 Å². The number of phenols is 2. The minimum absolute atomic E-state index is 0.0215. The van der Waals surface area contributed by atoms with E-state index in [1.54, 1.807) is 48.5 Å². The van der Waals surface area contributed by atoms with Crippen LogP contribution in [0.15, 0.2) is 75.7 Å². The fraction of sp³-hybridized carbons (Fsp3) is 0.267. The van der Waals surface area contributed by atoms with Gasteiger partial charge >= 0.3 is 0 Å².